The molecule has 1 aromatic rings. The lowest BCUT2D eigenvalue weighted by Gasteiger charge is -2.13. The average molecular weight is 315 g/mol. The number of nitro groups is 1. The van der Waals surface area contributed by atoms with Gasteiger partial charge in [0.05, 0.1) is 21.2 Å². The van der Waals surface area contributed by atoms with Crippen molar-refractivity contribution < 1.29 is 19.6 Å². The van der Waals surface area contributed by atoms with Crippen LogP contribution in [0, 0.1) is 16.0 Å². The van der Waals surface area contributed by atoms with Crippen molar-refractivity contribution >= 4 is 28.9 Å². The van der Waals surface area contributed by atoms with E-state index in [9.17, 15) is 14.9 Å². The van der Waals surface area contributed by atoms with E-state index in [1.165, 1.54) is 0 Å². The number of benzene rings is 1. The number of carbonyl (C=O) groups is 1. The molecule has 1 aromatic carbocycles. The van der Waals surface area contributed by atoms with Crippen LogP contribution in [0.25, 0.3) is 0 Å². The van der Waals surface area contributed by atoms with E-state index < -0.39 is 10.9 Å². The molecule has 0 saturated carbocycles. The van der Waals surface area contributed by atoms with E-state index in [2.05, 4.69) is 5.32 Å². The third-order valence-electron chi connectivity index (χ3n) is 3.39. The molecule has 1 aliphatic heterocycles. The summed E-state index contributed by atoms with van der Waals surface area (Å²) in [5.74, 6) is -0.810. The first-order valence-electron chi connectivity index (χ1n) is 6.52. The molecule has 114 valence electrons. The lowest BCUT2D eigenvalue weighted by molar-refractivity contribution is -0.384. The standard InChI is InChI=1S/C13H15ClN2O5/c14-11-6-9(16(19)20)5-10(13(17)18)12(11)15-3-1-8-2-4-21-7-8/h5-6,8,15H,1-4,7H2,(H,17,18). The molecular weight excluding hydrogens is 300 g/mol. The van der Waals surface area contributed by atoms with Crippen LogP contribution in [0.4, 0.5) is 11.4 Å². The predicted octanol–water partition coefficient (Wildman–Crippen LogP) is 2.78. The number of nitrogens with one attached hydrogen (secondary N) is 1. The van der Waals surface area contributed by atoms with Gasteiger partial charge in [-0.15, -0.1) is 0 Å². The summed E-state index contributed by atoms with van der Waals surface area (Å²) in [6, 6.07) is 2.16. The van der Waals surface area contributed by atoms with Crippen LogP contribution in [0.2, 0.25) is 5.02 Å². The van der Waals surface area contributed by atoms with Crippen LogP contribution in [0.1, 0.15) is 23.2 Å². The zero-order valence-electron chi connectivity index (χ0n) is 11.2. The highest BCUT2D eigenvalue weighted by molar-refractivity contribution is 6.34. The zero-order chi connectivity index (χ0) is 15.4. The molecule has 0 amide bonds. The molecule has 0 aliphatic carbocycles. The van der Waals surface area contributed by atoms with E-state index in [0.717, 1.165) is 31.6 Å². The van der Waals surface area contributed by atoms with Gasteiger partial charge in [0.25, 0.3) is 5.69 Å². The number of hydrogen-bond acceptors (Lipinski definition) is 5. The molecule has 1 heterocycles. The van der Waals surface area contributed by atoms with Gasteiger partial charge in [0.15, 0.2) is 0 Å². The molecule has 1 saturated heterocycles. The Bertz CT molecular complexity index is 558. The summed E-state index contributed by atoms with van der Waals surface area (Å²) in [5, 5.41) is 22.9. The van der Waals surface area contributed by atoms with Crippen molar-refractivity contribution in [2.75, 3.05) is 25.1 Å². The number of halogens is 1. The molecule has 1 atom stereocenters. The quantitative estimate of drug-likeness (QED) is 0.618. The summed E-state index contributed by atoms with van der Waals surface area (Å²) >= 11 is 5.96. The number of aromatic carboxylic acids is 1. The second-order valence-corrected chi connectivity index (χ2v) is 5.26. The summed E-state index contributed by atoms with van der Waals surface area (Å²) in [6.45, 7) is 2.00. The molecule has 2 N–H and O–H groups in total. The summed E-state index contributed by atoms with van der Waals surface area (Å²) in [5.41, 5.74) is -0.322. The number of anilines is 1. The van der Waals surface area contributed by atoms with E-state index >= 15 is 0 Å². The SMILES string of the molecule is O=C(O)c1cc([N+](=O)[O-])cc(Cl)c1NCCC1CCOC1. The van der Waals surface area contributed by atoms with E-state index in [1.807, 2.05) is 0 Å². The third kappa shape index (κ3) is 3.83. The third-order valence-corrected chi connectivity index (χ3v) is 3.69. The highest BCUT2D eigenvalue weighted by Crippen LogP contribution is 2.31. The fourth-order valence-electron chi connectivity index (χ4n) is 2.26. The molecule has 0 bridgehead atoms. The molecule has 2 rings (SSSR count). The van der Waals surface area contributed by atoms with Crippen LogP contribution in [-0.2, 0) is 4.74 Å². The Balaban J connectivity index is 2.13. The zero-order valence-corrected chi connectivity index (χ0v) is 11.9. The number of ether oxygens (including phenoxy) is 1. The molecule has 1 aliphatic rings. The molecule has 8 heteroatoms. The van der Waals surface area contributed by atoms with Gasteiger partial charge < -0.3 is 15.2 Å². The van der Waals surface area contributed by atoms with Gasteiger partial charge in [0.2, 0.25) is 0 Å². The van der Waals surface area contributed by atoms with Crippen LogP contribution in [-0.4, -0.2) is 35.8 Å². The van der Waals surface area contributed by atoms with Gasteiger partial charge in [-0.25, -0.2) is 4.79 Å². The van der Waals surface area contributed by atoms with Crippen molar-refractivity contribution in [3.05, 3.63) is 32.8 Å². The Morgan fingerprint density at radius 2 is 2.33 bits per heavy atom. The van der Waals surface area contributed by atoms with Crippen molar-refractivity contribution in [1.82, 2.24) is 0 Å². The predicted molar refractivity (Wildman–Crippen MR) is 77.1 cm³/mol. The van der Waals surface area contributed by atoms with E-state index in [-0.39, 0.29) is 22.0 Å². The Hall–Kier alpha value is -1.86. The average Bonchev–Trinajstić information content (AvgIpc) is 2.92. The highest BCUT2D eigenvalue weighted by atomic mass is 35.5. The van der Waals surface area contributed by atoms with Crippen molar-refractivity contribution in [2.24, 2.45) is 5.92 Å². The molecule has 0 aromatic heterocycles. The fraction of sp³-hybridized carbons (Fsp3) is 0.462. The van der Waals surface area contributed by atoms with Crippen LogP contribution < -0.4 is 5.32 Å². The summed E-state index contributed by atoms with van der Waals surface area (Å²) in [7, 11) is 0. The normalized spacial score (nSPS) is 17.7. The second-order valence-electron chi connectivity index (χ2n) is 4.86. The van der Waals surface area contributed by atoms with Crippen LogP contribution in [0.3, 0.4) is 0 Å². The summed E-state index contributed by atoms with van der Waals surface area (Å²) in [6.07, 6.45) is 1.81. The maximum absolute atomic E-state index is 11.2. The largest absolute Gasteiger partial charge is 0.478 e. The summed E-state index contributed by atoms with van der Waals surface area (Å²) < 4.78 is 5.26. The number of nitrogens with zero attached hydrogens (tertiary/aromatic N) is 1. The maximum Gasteiger partial charge on any atom is 0.338 e. The topological polar surface area (TPSA) is 102 Å². The highest BCUT2D eigenvalue weighted by Gasteiger charge is 2.21. The first-order valence-corrected chi connectivity index (χ1v) is 6.89. The Morgan fingerprint density at radius 3 is 2.90 bits per heavy atom. The van der Waals surface area contributed by atoms with Crippen molar-refractivity contribution in [3.63, 3.8) is 0 Å². The Labute approximate surface area is 126 Å². The molecule has 21 heavy (non-hydrogen) atoms. The van der Waals surface area contributed by atoms with Gasteiger partial charge >= 0.3 is 5.97 Å². The molecular formula is C13H15ClN2O5. The van der Waals surface area contributed by atoms with E-state index in [4.69, 9.17) is 21.4 Å². The number of carboxylic acid groups (broad SMARTS) is 1. The van der Waals surface area contributed by atoms with Crippen molar-refractivity contribution in [1.29, 1.82) is 0 Å². The van der Waals surface area contributed by atoms with E-state index in [0.29, 0.717) is 19.1 Å². The smallest absolute Gasteiger partial charge is 0.338 e. The number of hydrogen-bond donors (Lipinski definition) is 2. The monoisotopic (exact) mass is 314 g/mol. The number of rotatable bonds is 6. The van der Waals surface area contributed by atoms with Crippen LogP contribution >= 0.6 is 11.6 Å². The minimum atomic E-state index is -1.26. The fourth-order valence-corrected chi connectivity index (χ4v) is 2.54. The summed E-state index contributed by atoms with van der Waals surface area (Å²) in [4.78, 5) is 21.3. The van der Waals surface area contributed by atoms with Gasteiger partial charge in [-0.2, -0.15) is 0 Å². The van der Waals surface area contributed by atoms with Gasteiger partial charge in [-0.3, -0.25) is 10.1 Å². The van der Waals surface area contributed by atoms with Gasteiger partial charge in [0.1, 0.15) is 0 Å². The minimum absolute atomic E-state index is 0.0317. The van der Waals surface area contributed by atoms with Gasteiger partial charge in [-0.1, -0.05) is 11.6 Å². The lowest BCUT2D eigenvalue weighted by atomic mass is 10.0. The first kappa shape index (κ1) is 15.5. The Morgan fingerprint density at radius 1 is 1.57 bits per heavy atom. The molecule has 0 radical (unpaired) electrons. The van der Waals surface area contributed by atoms with Crippen molar-refractivity contribution in [3.8, 4) is 0 Å². The van der Waals surface area contributed by atoms with E-state index in [1.54, 1.807) is 0 Å². The van der Waals surface area contributed by atoms with Crippen LogP contribution in [0.15, 0.2) is 12.1 Å². The molecule has 0 spiro atoms. The number of non-ortho nitro benzene ring substituents is 1. The minimum Gasteiger partial charge on any atom is -0.478 e. The number of carboxylic acids is 1. The lowest BCUT2D eigenvalue weighted by Crippen LogP contribution is -2.12. The first-order chi connectivity index (χ1) is 9.99. The van der Waals surface area contributed by atoms with Gasteiger partial charge in [0, 0.05) is 31.9 Å². The molecule has 7 nitrogen and oxygen atoms in total. The second kappa shape index (κ2) is 6.73. The Kier molecular flexibility index (Phi) is 4.98. The van der Waals surface area contributed by atoms with Gasteiger partial charge in [-0.05, 0) is 18.8 Å². The van der Waals surface area contributed by atoms with Crippen LogP contribution in [0.5, 0.6) is 0 Å². The maximum atomic E-state index is 11.2. The molecule has 1 unspecified atom stereocenters. The molecule has 1 fully saturated rings. The van der Waals surface area contributed by atoms with Crippen molar-refractivity contribution in [2.45, 2.75) is 12.8 Å². The number of nitro benzene ring substituents is 1.